The number of aromatic carboxylic acids is 1. The van der Waals surface area contributed by atoms with Crippen LogP contribution in [0.2, 0.25) is 0 Å². The van der Waals surface area contributed by atoms with E-state index in [1.807, 2.05) is 22.7 Å². The van der Waals surface area contributed by atoms with E-state index in [2.05, 4.69) is 6.58 Å². The summed E-state index contributed by atoms with van der Waals surface area (Å²) in [5.74, 6) is -0.623. The number of nitrogens with zero attached hydrogens (tertiary/aromatic N) is 1. The van der Waals surface area contributed by atoms with Gasteiger partial charge in [0.1, 0.15) is 12.2 Å². The monoisotopic (exact) mass is 217 g/mol. The number of carboxylic acid groups (broad SMARTS) is 1. The van der Waals surface area contributed by atoms with Crippen molar-refractivity contribution in [1.82, 2.24) is 4.40 Å². The average molecular weight is 217 g/mol. The Kier molecular flexibility index (Phi) is 2.64. The number of carbonyl (C=O) groups is 1. The number of pyridine rings is 1. The van der Waals surface area contributed by atoms with Crippen molar-refractivity contribution in [3.63, 3.8) is 0 Å². The summed E-state index contributed by atoms with van der Waals surface area (Å²) in [6, 6.07) is 5.17. The van der Waals surface area contributed by atoms with E-state index >= 15 is 0 Å². The van der Waals surface area contributed by atoms with Crippen LogP contribution in [0.3, 0.4) is 0 Å². The summed E-state index contributed by atoms with van der Waals surface area (Å²) in [4.78, 5) is 11.0. The molecule has 4 heteroatoms. The largest absolute Gasteiger partial charge is 0.486 e. The quantitative estimate of drug-likeness (QED) is 0.799. The maximum atomic E-state index is 11.0. The van der Waals surface area contributed by atoms with Crippen molar-refractivity contribution in [2.75, 3.05) is 6.61 Å². The molecule has 2 aromatic heterocycles. The smallest absolute Gasteiger partial charge is 0.339 e. The Morgan fingerprint density at radius 2 is 2.31 bits per heavy atom. The Balaban J connectivity index is 2.60. The number of carboxylic acids is 1. The molecule has 0 fully saturated rings. The minimum absolute atomic E-state index is 0.160. The maximum absolute atomic E-state index is 11.0. The molecule has 0 saturated heterocycles. The molecule has 82 valence electrons. The molecule has 0 aliphatic carbocycles. The minimum atomic E-state index is -0.997. The van der Waals surface area contributed by atoms with Gasteiger partial charge in [0.25, 0.3) is 0 Å². The van der Waals surface area contributed by atoms with Crippen molar-refractivity contribution in [3.05, 3.63) is 48.8 Å². The van der Waals surface area contributed by atoms with Crippen LogP contribution in [0.4, 0.5) is 0 Å². The highest BCUT2D eigenvalue weighted by Crippen LogP contribution is 2.25. The van der Waals surface area contributed by atoms with Gasteiger partial charge in [-0.2, -0.15) is 0 Å². The highest BCUT2D eigenvalue weighted by Gasteiger charge is 2.14. The molecular weight excluding hydrogens is 206 g/mol. The summed E-state index contributed by atoms with van der Waals surface area (Å²) in [7, 11) is 0. The van der Waals surface area contributed by atoms with Crippen LogP contribution >= 0.6 is 0 Å². The molecule has 0 amide bonds. The number of fused-ring (bicyclic) bond motifs is 1. The van der Waals surface area contributed by atoms with Crippen molar-refractivity contribution in [1.29, 1.82) is 0 Å². The molecule has 0 aromatic carbocycles. The van der Waals surface area contributed by atoms with Crippen molar-refractivity contribution >= 4 is 11.5 Å². The predicted molar refractivity (Wildman–Crippen MR) is 60.0 cm³/mol. The van der Waals surface area contributed by atoms with Gasteiger partial charge in [0.2, 0.25) is 0 Å². The zero-order valence-corrected chi connectivity index (χ0v) is 8.59. The number of hydrogen-bond acceptors (Lipinski definition) is 2. The number of rotatable bonds is 4. The van der Waals surface area contributed by atoms with Crippen molar-refractivity contribution < 1.29 is 14.6 Å². The molecule has 0 saturated carbocycles. The Hall–Kier alpha value is -2.23. The fourth-order valence-electron chi connectivity index (χ4n) is 1.55. The molecule has 4 nitrogen and oxygen atoms in total. The van der Waals surface area contributed by atoms with E-state index in [1.165, 1.54) is 6.07 Å². The van der Waals surface area contributed by atoms with Gasteiger partial charge in [-0.15, -0.1) is 0 Å². The number of hydrogen-bond donors (Lipinski definition) is 1. The fraction of sp³-hybridized carbons (Fsp3) is 0.0833. The van der Waals surface area contributed by atoms with E-state index in [4.69, 9.17) is 9.84 Å². The van der Waals surface area contributed by atoms with Gasteiger partial charge in [0.05, 0.1) is 5.52 Å². The molecule has 2 rings (SSSR count). The molecule has 0 unspecified atom stereocenters. The van der Waals surface area contributed by atoms with Gasteiger partial charge in [-0.1, -0.05) is 12.7 Å². The van der Waals surface area contributed by atoms with Crippen LogP contribution in [0.25, 0.3) is 5.52 Å². The van der Waals surface area contributed by atoms with Crippen molar-refractivity contribution in [2.24, 2.45) is 0 Å². The van der Waals surface area contributed by atoms with Gasteiger partial charge < -0.3 is 14.2 Å². The van der Waals surface area contributed by atoms with Crippen LogP contribution in [0.1, 0.15) is 10.4 Å². The van der Waals surface area contributed by atoms with Crippen LogP contribution in [-0.2, 0) is 0 Å². The topological polar surface area (TPSA) is 50.9 Å². The summed E-state index contributed by atoms with van der Waals surface area (Å²) < 4.78 is 7.21. The number of ether oxygens (including phenoxy) is 1. The maximum Gasteiger partial charge on any atom is 0.339 e. The standard InChI is InChI=1S/C12H11NO3/c1-2-8-16-11-9(12(14)15)5-7-13-6-3-4-10(11)13/h2-7H,1,8H2,(H,14,15). The molecule has 16 heavy (non-hydrogen) atoms. The second-order valence-electron chi connectivity index (χ2n) is 3.26. The first-order valence-corrected chi connectivity index (χ1v) is 4.80. The third kappa shape index (κ3) is 1.65. The van der Waals surface area contributed by atoms with Gasteiger partial charge in [0.15, 0.2) is 5.75 Å². The Morgan fingerprint density at radius 1 is 1.50 bits per heavy atom. The normalized spacial score (nSPS) is 10.2. The molecular formula is C12H11NO3. The average Bonchev–Trinajstić information content (AvgIpc) is 2.73. The van der Waals surface area contributed by atoms with Gasteiger partial charge in [0, 0.05) is 12.4 Å². The lowest BCUT2D eigenvalue weighted by molar-refractivity contribution is 0.0693. The van der Waals surface area contributed by atoms with E-state index in [0.29, 0.717) is 5.75 Å². The first-order valence-electron chi connectivity index (χ1n) is 4.80. The van der Waals surface area contributed by atoms with Gasteiger partial charge in [-0.25, -0.2) is 4.79 Å². The first-order chi connectivity index (χ1) is 7.74. The summed E-state index contributed by atoms with van der Waals surface area (Å²) in [5, 5.41) is 9.05. The second kappa shape index (κ2) is 4.10. The molecule has 1 N–H and O–H groups in total. The van der Waals surface area contributed by atoms with Gasteiger partial charge in [-0.3, -0.25) is 0 Å². The van der Waals surface area contributed by atoms with Crippen LogP contribution in [0.15, 0.2) is 43.2 Å². The second-order valence-corrected chi connectivity index (χ2v) is 3.26. The van der Waals surface area contributed by atoms with Crippen LogP contribution in [0.5, 0.6) is 5.75 Å². The Bertz CT molecular complexity index is 542. The highest BCUT2D eigenvalue weighted by molar-refractivity contribution is 5.93. The highest BCUT2D eigenvalue weighted by atomic mass is 16.5. The molecule has 2 heterocycles. The Labute approximate surface area is 92.4 Å². The first kappa shape index (κ1) is 10.3. The minimum Gasteiger partial charge on any atom is -0.486 e. The molecule has 0 aliphatic rings. The summed E-state index contributed by atoms with van der Waals surface area (Å²) in [5.41, 5.74) is 0.898. The molecule has 0 bridgehead atoms. The SMILES string of the molecule is C=CCOc1c(C(=O)O)ccn2cccc12. The lowest BCUT2D eigenvalue weighted by atomic mass is 10.2. The van der Waals surface area contributed by atoms with E-state index in [-0.39, 0.29) is 12.2 Å². The van der Waals surface area contributed by atoms with Gasteiger partial charge >= 0.3 is 5.97 Å². The predicted octanol–water partition coefficient (Wildman–Crippen LogP) is 2.20. The van der Waals surface area contributed by atoms with Crippen LogP contribution in [0, 0.1) is 0 Å². The van der Waals surface area contributed by atoms with E-state index in [0.717, 1.165) is 5.52 Å². The molecule has 0 aliphatic heterocycles. The van der Waals surface area contributed by atoms with E-state index in [1.54, 1.807) is 12.3 Å². The summed E-state index contributed by atoms with van der Waals surface area (Å²) in [6.07, 6.45) is 5.11. The fourth-order valence-corrected chi connectivity index (χ4v) is 1.55. The Morgan fingerprint density at radius 3 is 3.00 bits per heavy atom. The lowest BCUT2D eigenvalue weighted by Gasteiger charge is -2.09. The lowest BCUT2D eigenvalue weighted by Crippen LogP contribution is -2.05. The van der Waals surface area contributed by atoms with Crippen molar-refractivity contribution in [3.8, 4) is 5.75 Å². The van der Waals surface area contributed by atoms with Crippen LogP contribution in [-0.4, -0.2) is 22.1 Å². The number of aromatic nitrogens is 1. The zero-order chi connectivity index (χ0) is 11.5. The molecule has 0 atom stereocenters. The zero-order valence-electron chi connectivity index (χ0n) is 8.59. The molecule has 0 spiro atoms. The summed E-state index contributed by atoms with van der Waals surface area (Å²) >= 11 is 0. The third-order valence-corrected chi connectivity index (χ3v) is 2.23. The molecule has 2 aromatic rings. The van der Waals surface area contributed by atoms with Crippen LogP contribution < -0.4 is 4.74 Å². The summed E-state index contributed by atoms with van der Waals surface area (Å²) in [6.45, 7) is 3.82. The van der Waals surface area contributed by atoms with E-state index < -0.39 is 5.97 Å². The molecule has 0 radical (unpaired) electrons. The van der Waals surface area contributed by atoms with Gasteiger partial charge in [-0.05, 0) is 18.2 Å². The van der Waals surface area contributed by atoms with Crippen molar-refractivity contribution in [2.45, 2.75) is 0 Å². The third-order valence-electron chi connectivity index (χ3n) is 2.23. The van der Waals surface area contributed by atoms with E-state index in [9.17, 15) is 4.79 Å².